The minimum atomic E-state index is -0.159. The maximum atomic E-state index is 12.7. The van der Waals surface area contributed by atoms with E-state index in [9.17, 15) is 4.79 Å². The third kappa shape index (κ3) is 4.26. The van der Waals surface area contributed by atoms with E-state index in [4.69, 9.17) is 9.26 Å². The molecule has 1 unspecified atom stereocenters. The lowest BCUT2D eigenvalue weighted by Crippen LogP contribution is -2.45. The monoisotopic (exact) mass is 354 g/mol. The Labute approximate surface area is 154 Å². The number of hydrogen-bond donors (Lipinski definition) is 1. The molecule has 26 heavy (non-hydrogen) atoms. The van der Waals surface area contributed by atoms with Gasteiger partial charge in [0.2, 0.25) is 0 Å². The summed E-state index contributed by atoms with van der Waals surface area (Å²) in [6, 6.07) is 11.6. The third-order valence-electron chi connectivity index (χ3n) is 5.45. The van der Waals surface area contributed by atoms with Crippen molar-refractivity contribution in [3.63, 3.8) is 0 Å². The maximum Gasteiger partial charge on any atom is 0.273 e. The van der Waals surface area contributed by atoms with Crippen LogP contribution in [0.3, 0.4) is 0 Å². The quantitative estimate of drug-likeness (QED) is 0.805. The van der Waals surface area contributed by atoms with E-state index >= 15 is 0 Å². The molecule has 1 N–H and O–H groups in total. The van der Waals surface area contributed by atoms with Crippen LogP contribution in [0.2, 0.25) is 0 Å². The van der Waals surface area contributed by atoms with E-state index in [-0.39, 0.29) is 11.9 Å². The van der Waals surface area contributed by atoms with Crippen LogP contribution in [0.5, 0.6) is 5.75 Å². The number of hydrogen-bond acceptors (Lipinski definition) is 4. The molecule has 138 valence electrons. The van der Waals surface area contributed by atoms with Crippen molar-refractivity contribution < 1.29 is 14.1 Å². The molecule has 1 aromatic heterocycles. The summed E-state index contributed by atoms with van der Waals surface area (Å²) < 4.78 is 11.3. The van der Waals surface area contributed by atoms with E-state index in [0.29, 0.717) is 24.1 Å². The highest BCUT2D eigenvalue weighted by Crippen LogP contribution is 2.40. The lowest BCUT2D eigenvalue weighted by molar-refractivity contribution is 0.0872. The van der Waals surface area contributed by atoms with E-state index in [0.717, 1.165) is 37.2 Å². The number of para-hydroxylation sites is 1. The van der Waals surface area contributed by atoms with Crippen molar-refractivity contribution in [3.05, 3.63) is 47.9 Å². The number of ether oxygens (including phenoxy) is 1. The van der Waals surface area contributed by atoms with Crippen LogP contribution < -0.4 is 10.1 Å². The first-order valence-electron chi connectivity index (χ1n) is 9.75. The molecule has 0 radical (unpaired) electrons. The normalized spacial score (nSPS) is 19.1. The highest BCUT2D eigenvalue weighted by molar-refractivity contribution is 5.92. The predicted octanol–water partition coefficient (Wildman–Crippen LogP) is 4.31. The summed E-state index contributed by atoms with van der Waals surface area (Å²) in [6.07, 6.45) is 8.25. The van der Waals surface area contributed by atoms with Crippen LogP contribution in [0.25, 0.3) is 0 Å². The van der Waals surface area contributed by atoms with Gasteiger partial charge < -0.3 is 14.6 Å². The van der Waals surface area contributed by atoms with Crippen LogP contribution >= 0.6 is 0 Å². The number of carbonyl (C=O) groups is 1. The first kappa shape index (κ1) is 17.1. The fourth-order valence-electron chi connectivity index (χ4n) is 3.73. The number of aromatic nitrogens is 1. The summed E-state index contributed by atoms with van der Waals surface area (Å²) in [5.74, 6) is 2.42. The molecule has 0 spiro atoms. The number of nitrogens with one attached hydrogen (secondary N) is 1. The highest BCUT2D eigenvalue weighted by Gasteiger charge is 2.30. The zero-order valence-corrected chi connectivity index (χ0v) is 15.0. The van der Waals surface area contributed by atoms with Crippen LogP contribution in [0, 0.1) is 5.92 Å². The van der Waals surface area contributed by atoms with Crippen molar-refractivity contribution in [2.24, 2.45) is 5.92 Å². The number of nitrogens with zero attached hydrogens (tertiary/aromatic N) is 1. The second-order valence-electron chi connectivity index (χ2n) is 7.49. The van der Waals surface area contributed by atoms with Crippen LogP contribution in [-0.2, 0) is 0 Å². The summed E-state index contributed by atoms with van der Waals surface area (Å²) in [4.78, 5) is 12.7. The van der Waals surface area contributed by atoms with Gasteiger partial charge >= 0.3 is 0 Å². The molecule has 2 fully saturated rings. The molecule has 0 saturated heterocycles. The van der Waals surface area contributed by atoms with Crippen LogP contribution in [0.1, 0.15) is 67.1 Å². The fourth-order valence-corrected chi connectivity index (χ4v) is 3.73. The molecule has 1 heterocycles. The van der Waals surface area contributed by atoms with Crippen LogP contribution in [-0.4, -0.2) is 23.7 Å². The molecule has 4 rings (SSSR count). The summed E-state index contributed by atoms with van der Waals surface area (Å²) in [5, 5.41) is 7.13. The minimum Gasteiger partial charge on any atom is -0.491 e. The molecule has 1 aromatic carbocycles. The summed E-state index contributed by atoms with van der Waals surface area (Å²) in [7, 11) is 0. The van der Waals surface area contributed by atoms with Crippen molar-refractivity contribution in [2.45, 2.75) is 56.9 Å². The second kappa shape index (κ2) is 7.94. The van der Waals surface area contributed by atoms with Crippen LogP contribution in [0.15, 0.2) is 40.9 Å². The molecule has 0 aliphatic heterocycles. The molecule has 1 amide bonds. The van der Waals surface area contributed by atoms with Gasteiger partial charge in [0.25, 0.3) is 5.91 Å². The average Bonchev–Trinajstić information content (AvgIpc) is 3.43. The Hall–Kier alpha value is -2.30. The Morgan fingerprint density at radius 1 is 1.15 bits per heavy atom. The van der Waals surface area contributed by atoms with E-state index in [2.05, 4.69) is 10.5 Å². The van der Waals surface area contributed by atoms with Crippen LogP contribution in [0.4, 0.5) is 0 Å². The van der Waals surface area contributed by atoms with Crippen molar-refractivity contribution in [1.82, 2.24) is 10.5 Å². The molecule has 1 atom stereocenters. The molecule has 5 heteroatoms. The first-order valence-corrected chi connectivity index (χ1v) is 9.75. The summed E-state index contributed by atoms with van der Waals surface area (Å²) in [6.45, 7) is 0.480. The number of amides is 1. The highest BCUT2D eigenvalue weighted by atomic mass is 16.5. The predicted molar refractivity (Wildman–Crippen MR) is 98.2 cm³/mol. The zero-order chi connectivity index (χ0) is 17.8. The molecule has 0 bridgehead atoms. The van der Waals surface area contributed by atoms with Gasteiger partial charge in [-0.25, -0.2) is 0 Å². The van der Waals surface area contributed by atoms with E-state index in [1.807, 2.05) is 30.3 Å². The Kier molecular flexibility index (Phi) is 5.23. The Morgan fingerprint density at radius 2 is 1.92 bits per heavy atom. The topological polar surface area (TPSA) is 64.4 Å². The molecular weight excluding hydrogens is 328 g/mol. The summed E-state index contributed by atoms with van der Waals surface area (Å²) in [5.41, 5.74) is 0.382. The SMILES string of the molecule is O=C(NC(COc1ccccc1)C1CCCCC1)c1cc(C2CC2)on1. The molecule has 2 aliphatic carbocycles. The molecule has 2 aromatic rings. The second-order valence-corrected chi connectivity index (χ2v) is 7.49. The Morgan fingerprint density at radius 3 is 2.65 bits per heavy atom. The Balaban J connectivity index is 1.41. The lowest BCUT2D eigenvalue weighted by atomic mass is 9.84. The van der Waals surface area contributed by atoms with Gasteiger partial charge in [0.1, 0.15) is 18.1 Å². The summed E-state index contributed by atoms with van der Waals surface area (Å²) >= 11 is 0. The van der Waals surface area contributed by atoms with Gasteiger partial charge in [-0.05, 0) is 43.7 Å². The van der Waals surface area contributed by atoms with Gasteiger partial charge in [0, 0.05) is 12.0 Å². The van der Waals surface area contributed by atoms with Gasteiger partial charge in [-0.2, -0.15) is 0 Å². The van der Waals surface area contributed by atoms with E-state index < -0.39 is 0 Å². The fraction of sp³-hybridized carbons (Fsp3) is 0.524. The largest absolute Gasteiger partial charge is 0.491 e. The third-order valence-corrected chi connectivity index (χ3v) is 5.45. The van der Waals surface area contributed by atoms with E-state index in [1.165, 1.54) is 19.3 Å². The first-order chi connectivity index (χ1) is 12.8. The van der Waals surface area contributed by atoms with Gasteiger partial charge in [-0.3, -0.25) is 4.79 Å². The van der Waals surface area contributed by atoms with Crippen molar-refractivity contribution in [3.8, 4) is 5.75 Å². The molecular formula is C21H26N2O3. The minimum absolute atomic E-state index is 0.0101. The molecule has 5 nitrogen and oxygen atoms in total. The number of rotatable bonds is 7. The smallest absolute Gasteiger partial charge is 0.273 e. The van der Waals surface area contributed by atoms with Gasteiger partial charge in [0.15, 0.2) is 5.69 Å². The van der Waals surface area contributed by atoms with Crippen molar-refractivity contribution in [1.29, 1.82) is 0 Å². The van der Waals surface area contributed by atoms with Crippen molar-refractivity contribution in [2.75, 3.05) is 6.61 Å². The van der Waals surface area contributed by atoms with E-state index in [1.54, 1.807) is 6.07 Å². The molecule has 2 saturated carbocycles. The Bertz CT molecular complexity index is 718. The van der Waals surface area contributed by atoms with Gasteiger partial charge in [0.05, 0.1) is 6.04 Å². The zero-order valence-electron chi connectivity index (χ0n) is 15.0. The standard InChI is InChI=1S/C21H26N2O3/c24-21(18-13-20(26-23-18)16-11-12-16)22-19(15-7-3-1-4-8-15)14-25-17-9-5-2-6-10-17/h2,5-6,9-10,13,15-16,19H,1,3-4,7-8,11-12,14H2,(H,22,24). The van der Waals surface area contributed by atoms with Gasteiger partial charge in [-0.15, -0.1) is 0 Å². The average molecular weight is 354 g/mol. The number of benzene rings is 1. The van der Waals surface area contributed by atoms with Crippen molar-refractivity contribution >= 4 is 5.91 Å². The maximum absolute atomic E-state index is 12.7. The number of carbonyl (C=O) groups excluding carboxylic acids is 1. The lowest BCUT2D eigenvalue weighted by Gasteiger charge is -2.30. The van der Waals surface area contributed by atoms with Gasteiger partial charge in [-0.1, -0.05) is 42.6 Å². The molecule has 2 aliphatic rings.